The molecule has 2 aliphatic heterocycles. The molecule has 0 radical (unpaired) electrons. The molecule has 1 aromatic rings. The summed E-state index contributed by atoms with van der Waals surface area (Å²) in [5.41, 5.74) is 1.28. The van der Waals surface area contributed by atoms with Gasteiger partial charge in [-0.1, -0.05) is 17.7 Å². The van der Waals surface area contributed by atoms with Crippen molar-refractivity contribution in [1.29, 1.82) is 0 Å². The SMILES string of the molecule is COc1cc(CN2CC3CC2CN3)ccc1Cl. The molecule has 1 N–H and O–H groups in total. The first-order valence-corrected chi connectivity index (χ1v) is 6.44. The van der Waals surface area contributed by atoms with Crippen LogP contribution >= 0.6 is 11.6 Å². The lowest BCUT2D eigenvalue weighted by Crippen LogP contribution is -2.42. The third kappa shape index (κ3) is 2.15. The second kappa shape index (κ2) is 4.48. The van der Waals surface area contributed by atoms with Crippen LogP contribution < -0.4 is 10.1 Å². The Balaban J connectivity index is 1.73. The third-order valence-electron chi connectivity index (χ3n) is 3.77. The minimum absolute atomic E-state index is 0.681. The predicted octanol–water partition coefficient (Wildman–Crippen LogP) is 1.89. The Morgan fingerprint density at radius 1 is 1.53 bits per heavy atom. The molecule has 1 aromatic carbocycles. The fourth-order valence-electron chi connectivity index (χ4n) is 2.88. The fraction of sp³-hybridized carbons (Fsp3) is 0.538. The van der Waals surface area contributed by atoms with E-state index in [-0.39, 0.29) is 0 Å². The van der Waals surface area contributed by atoms with Gasteiger partial charge in [0.2, 0.25) is 0 Å². The predicted molar refractivity (Wildman–Crippen MR) is 68.6 cm³/mol. The molecule has 3 nitrogen and oxygen atoms in total. The van der Waals surface area contributed by atoms with Gasteiger partial charge in [0.15, 0.2) is 0 Å². The summed E-state index contributed by atoms with van der Waals surface area (Å²) >= 11 is 6.03. The minimum Gasteiger partial charge on any atom is -0.495 e. The number of rotatable bonds is 3. The molecule has 0 amide bonds. The van der Waals surface area contributed by atoms with Crippen LogP contribution in [-0.4, -0.2) is 37.2 Å². The van der Waals surface area contributed by atoms with Crippen LogP contribution in [0.5, 0.6) is 5.75 Å². The Bertz CT molecular complexity index is 424. The van der Waals surface area contributed by atoms with Gasteiger partial charge >= 0.3 is 0 Å². The van der Waals surface area contributed by atoms with Crippen LogP contribution in [-0.2, 0) is 6.54 Å². The lowest BCUT2D eigenvalue weighted by Gasteiger charge is -2.27. The van der Waals surface area contributed by atoms with E-state index in [1.165, 1.54) is 12.0 Å². The maximum atomic E-state index is 6.03. The van der Waals surface area contributed by atoms with E-state index in [4.69, 9.17) is 16.3 Å². The van der Waals surface area contributed by atoms with Gasteiger partial charge in [0, 0.05) is 31.7 Å². The molecule has 4 heteroatoms. The highest BCUT2D eigenvalue weighted by molar-refractivity contribution is 6.32. The maximum Gasteiger partial charge on any atom is 0.137 e. The Morgan fingerprint density at radius 2 is 2.41 bits per heavy atom. The molecule has 0 saturated carbocycles. The summed E-state index contributed by atoms with van der Waals surface area (Å²) in [4.78, 5) is 2.55. The van der Waals surface area contributed by atoms with Crippen molar-refractivity contribution in [1.82, 2.24) is 10.2 Å². The minimum atomic E-state index is 0.681. The normalized spacial score (nSPS) is 27.6. The van der Waals surface area contributed by atoms with E-state index in [1.807, 2.05) is 12.1 Å². The number of hydrogen-bond acceptors (Lipinski definition) is 3. The summed E-state index contributed by atoms with van der Waals surface area (Å²) in [5, 5.41) is 4.20. The summed E-state index contributed by atoms with van der Waals surface area (Å²) in [7, 11) is 1.66. The van der Waals surface area contributed by atoms with Crippen molar-refractivity contribution < 1.29 is 4.74 Å². The Labute approximate surface area is 107 Å². The molecule has 2 bridgehead atoms. The third-order valence-corrected chi connectivity index (χ3v) is 4.08. The number of nitrogens with zero attached hydrogens (tertiary/aromatic N) is 1. The van der Waals surface area contributed by atoms with Crippen LogP contribution in [0.2, 0.25) is 5.02 Å². The van der Waals surface area contributed by atoms with Gasteiger partial charge in [0.05, 0.1) is 12.1 Å². The van der Waals surface area contributed by atoms with Gasteiger partial charge in [-0.2, -0.15) is 0 Å². The lowest BCUT2D eigenvalue weighted by atomic mass is 10.2. The first kappa shape index (κ1) is 11.3. The average molecular weight is 253 g/mol. The molecule has 92 valence electrons. The zero-order valence-electron chi connectivity index (χ0n) is 9.95. The molecule has 2 unspecified atom stereocenters. The van der Waals surface area contributed by atoms with Crippen molar-refractivity contribution in [2.24, 2.45) is 0 Å². The van der Waals surface area contributed by atoms with Crippen molar-refractivity contribution in [2.75, 3.05) is 20.2 Å². The molecular weight excluding hydrogens is 236 g/mol. The monoisotopic (exact) mass is 252 g/mol. The van der Waals surface area contributed by atoms with Gasteiger partial charge in [-0.25, -0.2) is 0 Å². The fourth-order valence-corrected chi connectivity index (χ4v) is 3.07. The van der Waals surface area contributed by atoms with E-state index in [9.17, 15) is 0 Å². The summed E-state index contributed by atoms with van der Waals surface area (Å²) < 4.78 is 5.25. The average Bonchev–Trinajstić information content (AvgIpc) is 2.93. The van der Waals surface area contributed by atoms with E-state index in [2.05, 4.69) is 16.3 Å². The van der Waals surface area contributed by atoms with Crippen molar-refractivity contribution in [3.63, 3.8) is 0 Å². The van der Waals surface area contributed by atoms with Crippen molar-refractivity contribution in [3.05, 3.63) is 28.8 Å². The van der Waals surface area contributed by atoms with Gasteiger partial charge in [0.25, 0.3) is 0 Å². The number of hydrogen-bond donors (Lipinski definition) is 1. The molecule has 2 fully saturated rings. The molecule has 0 aliphatic carbocycles. The number of ether oxygens (including phenoxy) is 1. The summed E-state index contributed by atoms with van der Waals surface area (Å²) in [5.74, 6) is 0.770. The van der Waals surface area contributed by atoms with E-state index in [0.717, 1.165) is 25.4 Å². The first-order valence-electron chi connectivity index (χ1n) is 6.06. The first-order chi connectivity index (χ1) is 8.26. The number of methoxy groups -OCH3 is 1. The van der Waals surface area contributed by atoms with Crippen LogP contribution in [0, 0.1) is 0 Å². The molecule has 2 aliphatic rings. The van der Waals surface area contributed by atoms with Gasteiger partial charge in [-0.05, 0) is 24.1 Å². The molecule has 3 rings (SSSR count). The molecule has 0 aromatic heterocycles. The Morgan fingerprint density at radius 3 is 3.06 bits per heavy atom. The van der Waals surface area contributed by atoms with Crippen LogP contribution in [0.1, 0.15) is 12.0 Å². The van der Waals surface area contributed by atoms with Gasteiger partial charge in [0.1, 0.15) is 5.75 Å². The van der Waals surface area contributed by atoms with Gasteiger partial charge in [-0.3, -0.25) is 4.90 Å². The number of likely N-dealkylation sites (tertiary alicyclic amines) is 1. The number of piperazine rings is 1. The zero-order chi connectivity index (χ0) is 11.8. The molecule has 0 spiro atoms. The highest BCUT2D eigenvalue weighted by Gasteiger charge is 2.37. The standard InChI is InChI=1S/C13H17ClN2O/c1-17-13-4-9(2-3-12(13)14)7-16-8-10-5-11(16)6-15-10/h2-4,10-11,15H,5-8H2,1H3. The molecule has 17 heavy (non-hydrogen) atoms. The van der Waals surface area contributed by atoms with Crippen molar-refractivity contribution in [3.8, 4) is 5.75 Å². The van der Waals surface area contributed by atoms with Crippen LogP contribution in [0.4, 0.5) is 0 Å². The number of nitrogens with one attached hydrogen (secondary N) is 1. The van der Waals surface area contributed by atoms with E-state index in [0.29, 0.717) is 17.1 Å². The summed E-state index contributed by atoms with van der Waals surface area (Å²) in [6, 6.07) is 7.46. The number of fused-ring (bicyclic) bond motifs is 2. The highest BCUT2D eigenvalue weighted by Crippen LogP contribution is 2.28. The second-order valence-electron chi connectivity index (χ2n) is 4.89. The van der Waals surface area contributed by atoms with Gasteiger partial charge in [-0.15, -0.1) is 0 Å². The summed E-state index contributed by atoms with van der Waals surface area (Å²) in [6.07, 6.45) is 1.30. The summed E-state index contributed by atoms with van der Waals surface area (Å²) in [6.45, 7) is 3.29. The lowest BCUT2D eigenvalue weighted by molar-refractivity contribution is 0.217. The zero-order valence-corrected chi connectivity index (χ0v) is 10.7. The molecule has 2 atom stereocenters. The Hall–Kier alpha value is -0.770. The van der Waals surface area contributed by atoms with E-state index < -0.39 is 0 Å². The van der Waals surface area contributed by atoms with E-state index in [1.54, 1.807) is 7.11 Å². The smallest absolute Gasteiger partial charge is 0.137 e. The maximum absolute atomic E-state index is 6.03. The van der Waals surface area contributed by atoms with Gasteiger partial charge < -0.3 is 10.1 Å². The second-order valence-corrected chi connectivity index (χ2v) is 5.30. The quantitative estimate of drug-likeness (QED) is 0.889. The Kier molecular flexibility index (Phi) is 2.99. The van der Waals surface area contributed by atoms with Crippen LogP contribution in [0.15, 0.2) is 18.2 Å². The highest BCUT2D eigenvalue weighted by atomic mass is 35.5. The number of benzene rings is 1. The van der Waals surface area contributed by atoms with Crippen LogP contribution in [0.25, 0.3) is 0 Å². The van der Waals surface area contributed by atoms with Crippen LogP contribution in [0.3, 0.4) is 0 Å². The topological polar surface area (TPSA) is 24.5 Å². The van der Waals surface area contributed by atoms with Crippen molar-refractivity contribution in [2.45, 2.75) is 25.0 Å². The molecular formula is C13H17ClN2O. The largest absolute Gasteiger partial charge is 0.495 e. The molecule has 2 heterocycles. The van der Waals surface area contributed by atoms with E-state index >= 15 is 0 Å². The van der Waals surface area contributed by atoms with Crippen molar-refractivity contribution >= 4 is 11.6 Å². The molecule has 2 saturated heterocycles. The number of halogens is 1.